The van der Waals surface area contributed by atoms with Crippen LogP contribution in [0.5, 0.6) is 0 Å². The van der Waals surface area contributed by atoms with Crippen LogP contribution in [0.4, 0.5) is 0 Å². The van der Waals surface area contributed by atoms with Crippen LogP contribution >= 0.6 is 0 Å². The Balaban J connectivity index is 2.93. The normalized spacial score (nSPS) is 13.4. The largest absolute Gasteiger partial charge is 0.432 e. The quantitative estimate of drug-likeness (QED) is 0.606. The highest BCUT2D eigenvalue weighted by atomic mass is 16.6. The molecule has 0 aromatic heterocycles. The van der Waals surface area contributed by atoms with Crippen LogP contribution in [0, 0.1) is 0 Å². The minimum absolute atomic E-state index is 0.0201. The van der Waals surface area contributed by atoms with Gasteiger partial charge in [-0.25, -0.2) is 9.59 Å². The summed E-state index contributed by atoms with van der Waals surface area (Å²) in [5.74, 6) is -1.64. The third-order valence-corrected chi connectivity index (χ3v) is 2.55. The van der Waals surface area contributed by atoms with E-state index in [1.165, 1.54) is 12.1 Å². The van der Waals surface area contributed by atoms with Crippen molar-refractivity contribution in [2.45, 2.75) is 39.3 Å². The lowest BCUT2D eigenvalue weighted by atomic mass is 10.1. The van der Waals surface area contributed by atoms with Gasteiger partial charge >= 0.3 is 11.9 Å². The van der Waals surface area contributed by atoms with Crippen molar-refractivity contribution in [2.75, 3.05) is 0 Å². The fourth-order valence-electron chi connectivity index (χ4n) is 1.38. The number of carbonyl (C=O) groups is 2. The minimum Gasteiger partial charge on any atom is -0.432 e. The van der Waals surface area contributed by atoms with Crippen molar-refractivity contribution in [3.63, 3.8) is 0 Å². The first-order valence-electron chi connectivity index (χ1n) is 6.36. The van der Waals surface area contributed by atoms with Gasteiger partial charge in [-0.2, -0.15) is 0 Å². The highest BCUT2D eigenvalue weighted by molar-refractivity contribution is 6.03. The zero-order valence-electron chi connectivity index (χ0n) is 11.4. The first-order valence-corrected chi connectivity index (χ1v) is 6.36. The van der Waals surface area contributed by atoms with Gasteiger partial charge in [-0.15, -0.1) is 0 Å². The Labute approximate surface area is 116 Å². The van der Waals surface area contributed by atoms with E-state index >= 15 is 0 Å². The molecule has 0 spiro atoms. The third-order valence-electron chi connectivity index (χ3n) is 2.55. The second-order valence-corrected chi connectivity index (χ2v) is 4.08. The lowest BCUT2D eigenvalue weighted by Gasteiger charge is -2.13. The summed E-state index contributed by atoms with van der Waals surface area (Å²) in [4.78, 5) is 23.7. The van der Waals surface area contributed by atoms with Crippen molar-refractivity contribution in [1.29, 1.82) is 0 Å². The lowest BCUT2D eigenvalue weighted by molar-refractivity contribution is -0.0691. The summed E-state index contributed by atoms with van der Waals surface area (Å²) in [6.07, 6.45) is -1.97. The van der Waals surface area contributed by atoms with Crippen molar-refractivity contribution in [1.82, 2.24) is 0 Å². The van der Waals surface area contributed by atoms with Crippen molar-refractivity contribution in [3.8, 4) is 0 Å². The standard InChI is InChI=1S/C14H18O6/c1-3-11(15)19-13(17)9-7-5-6-8-10(9)14(18)20-12(16)4-2/h5-8,11-12,15-16H,3-4H2,1-2H3. The van der Waals surface area contributed by atoms with Crippen molar-refractivity contribution < 1.29 is 29.3 Å². The summed E-state index contributed by atoms with van der Waals surface area (Å²) in [5, 5.41) is 18.6. The summed E-state index contributed by atoms with van der Waals surface area (Å²) in [6, 6.07) is 5.89. The molecule has 20 heavy (non-hydrogen) atoms. The molecule has 2 N–H and O–H groups in total. The number of carbonyl (C=O) groups excluding carboxylic acids is 2. The predicted octanol–water partition coefficient (Wildman–Crippen LogP) is 1.46. The molecule has 6 heteroatoms. The number of aliphatic hydroxyl groups is 2. The Morgan fingerprint density at radius 2 is 1.30 bits per heavy atom. The predicted molar refractivity (Wildman–Crippen MR) is 69.9 cm³/mol. The molecule has 2 unspecified atom stereocenters. The van der Waals surface area contributed by atoms with E-state index in [4.69, 9.17) is 9.47 Å². The Hall–Kier alpha value is -1.92. The summed E-state index contributed by atoms with van der Waals surface area (Å²) < 4.78 is 9.51. The third kappa shape index (κ3) is 4.32. The van der Waals surface area contributed by atoms with Gasteiger partial charge in [0.2, 0.25) is 12.6 Å². The van der Waals surface area contributed by atoms with E-state index in [2.05, 4.69) is 0 Å². The smallest absolute Gasteiger partial charge is 0.341 e. The Bertz CT molecular complexity index is 427. The van der Waals surface area contributed by atoms with E-state index in [0.29, 0.717) is 0 Å². The van der Waals surface area contributed by atoms with E-state index < -0.39 is 24.5 Å². The van der Waals surface area contributed by atoms with E-state index in [1.54, 1.807) is 26.0 Å². The van der Waals surface area contributed by atoms with Gasteiger partial charge in [-0.05, 0) is 12.1 Å². The van der Waals surface area contributed by atoms with E-state index in [0.717, 1.165) is 0 Å². The number of esters is 2. The number of ether oxygens (including phenoxy) is 2. The van der Waals surface area contributed by atoms with Crippen LogP contribution in [0.1, 0.15) is 47.4 Å². The van der Waals surface area contributed by atoms with Gasteiger partial charge in [-0.1, -0.05) is 26.0 Å². The maximum Gasteiger partial charge on any atom is 0.341 e. The van der Waals surface area contributed by atoms with Crippen LogP contribution in [0.15, 0.2) is 24.3 Å². The molecule has 0 saturated heterocycles. The number of hydrogen-bond acceptors (Lipinski definition) is 6. The van der Waals surface area contributed by atoms with Crippen molar-refractivity contribution >= 4 is 11.9 Å². The van der Waals surface area contributed by atoms with Crippen LogP contribution in [-0.4, -0.2) is 34.7 Å². The number of hydrogen-bond donors (Lipinski definition) is 2. The lowest BCUT2D eigenvalue weighted by Crippen LogP contribution is -2.22. The molecule has 0 aliphatic rings. The molecule has 0 amide bonds. The van der Waals surface area contributed by atoms with Gasteiger partial charge in [0.15, 0.2) is 0 Å². The minimum atomic E-state index is -1.23. The number of aliphatic hydroxyl groups excluding tert-OH is 2. The molecule has 1 rings (SSSR count). The van der Waals surface area contributed by atoms with Crippen LogP contribution in [-0.2, 0) is 9.47 Å². The van der Waals surface area contributed by atoms with Crippen LogP contribution in [0.2, 0.25) is 0 Å². The van der Waals surface area contributed by atoms with Crippen molar-refractivity contribution in [3.05, 3.63) is 35.4 Å². The highest BCUT2D eigenvalue weighted by Gasteiger charge is 2.22. The fraction of sp³-hybridized carbons (Fsp3) is 0.429. The molecule has 1 aromatic carbocycles. The average Bonchev–Trinajstić information content (AvgIpc) is 2.46. The Kier molecular flexibility index (Phi) is 6.14. The molecule has 0 saturated carbocycles. The van der Waals surface area contributed by atoms with Gasteiger partial charge in [0.1, 0.15) is 0 Å². The molecular formula is C14H18O6. The molecule has 2 atom stereocenters. The summed E-state index contributed by atoms with van der Waals surface area (Å²) in [6.45, 7) is 3.30. The molecule has 0 aliphatic heterocycles. The van der Waals surface area contributed by atoms with Crippen LogP contribution in [0.3, 0.4) is 0 Å². The average molecular weight is 282 g/mol. The SMILES string of the molecule is CCC(O)OC(=O)c1ccccc1C(=O)OC(O)CC. The first kappa shape index (κ1) is 16.1. The van der Waals surface area contributed by atoms with Crippen LogP contribution < -0.4 is 0 Å². The summed E-state index contributed by atoms with van der Waals surface area (Å²) in [5.41, 5.74) is -0.0402. The van der Waals surface area contributed by atoms with Gasteiger partial charge < -0.3 is 19.7 Å². The zero-order valence-corrected chi connectivity index (χ0v) is 11.4. The fourth-order valence-corrected chi connectivity index (χ4v) is 1.38. The maximum absolute atomic E-state index is 11.8. The van der Waals surface area contributed by atoms with Crippen molar-refractivity contribution in [2.24, 2.45) is 0 Å². The van der Waals surface area contributed by atoms with Gasteiger partial charge in [-0.3, -0.25) is 0 Å². The number of rotatable bonds is 6. The maximum atomic E-state index is 11.8. The second-order valence-electron chi connectivity index (χ2n) is 4.08. The molecule has 0 bridgehead atoms. The molecule has 6 nitrogen and oxygen atoms in total. The van der Waals surface area contributed by atoms with Gasteiger partial charge in [0.25, 0.3) is 0 Å². The highest BCUT2D eigenvalue weighted by Crippen LogP contribution is 2.14. The first-order chi connectivity index (χ1) is 9.49. The van der Waals surface area contributed by atoms with Gasteiger partial charge in [0.05, 0.1) is 11.1 Å². The summed E-state index contributed by atoms with van der Waals surface area (Å²) in [7, 11) is 0. The Morgan fingerprint density at radius 1 is 0.950 bits per heavy atom. The molecule has 1 aromatic rings. The summed E-state index contributed by atoms with van der Waals surface area (Å²) >= 11 is 0. The van der Waals surface area contributed by atoms with Crippen LogP contribution in [0.25, 0.3) is 0 Å². The monoisotopic (exact) mass is 282 g/mol. The van der Waals surface area contributed by atoms with Gasteiger partial charge in [0, 0.05) is 12.8 Å². The molecule has 0 fully saturated rings. The number of benzene rings is 1. The molecule has 0 radical (unpaired) electrons. The molecule has 0 aliphatic carbocycles. The van der Waals surface area contributed by atoms with E-state index in [1.807, 2.05) is 0 Å². The Morgan fingerprint density at radius 3 is 1.60 bits per heavy atom. The van der Waals surface area contributed by atoms with E-state index in [-0.39, 0.29) is 24.0 Å². The molecular weight excluding hydrogens is 264 g/mol. The molecule has 0 heterocycles. The zero-order chi connectivity index (χ0) is 15.1. The topological polar surface area (TPSA) is 93.1 Å². The molecule has 110 valence electrons. The van der Waals surface area contributed by atoms with E-state index in [9.17, 15) is 19.8 Å². The second kappa shape index (κ2) is 7.62.